The smallest absolute Gasteiger partial charge is 0.244 e. The molecule has 0 amide bonds. The van der Waals surface area contributed by atoms with Gasteiger partial charge in [-0.1, -0.05) is 22.0 Å². The summed E-state index contributed by atoms with van der Waals surface area (Å²) in [6.45, 7) is 0. The first-order chi connectivity index (χ1) is 10.3. The van der Waals surface area contributed by atoms with Gasteiger partial charge >= 0.3 is 0 Å². The number of benzene rings is 1. The van der Waals surface area contributed by atoms with Crippen LogP contribution in [0.5, 0.6) is 0 Å². The first-order valence-electron chi connectivity index (χ1n) is 6.26. The quantitative estimate of drug-likeness (QED) is 0.715. The highest BCUT2D eigenvalue weighted by Crippen LogP contribution is 2.27. The molecular weight excluding hydrogens is 391 g/mol. The summed E-state index contributed by atoms with van der Waals surface area (Å²) in [6.07, 6.45) is 1.34. The average molecular weight is 405 g/mol. The summed E-state index contributed by atoms with van der Waals surface area (Å²) in [4.78, 5) is 4.31. The van der Waals surface area contributed by atoms with Crippen molar-refractivity contribution in [1.82, 2.24) is 9.29 Å². The number of nitrogens with zero attached hydrogens (tertiary/aromatic N) is 2. The van der Waals surface area contributed by atoms with Crippen molar-refractivity contribution in [2.24, 2.45) is 0 Å². The number of halogens is 2. The van der Waals surface area contributed by atoms with E-state index in [0.717, 1.165) is 9.87 Å². The van der Waals surface area contributed by atoms with E-state index in [-0.39, 0.29) is 10.7 Å². The minimum absolute atomic E-state index is 0.157. The molecule has 0 atom stereocenters. The number of pyridine rings is 1. The second kappa shape index (κ2) is 7.08. The SMILES string of the molecule is CN(C)S(=O)(=O)c1ccc(SCc2ccc(F)cc2Br)nc1. The van der Waals surface area contributed by atoms with Gasteiger partial charge in [-0.3, -0.25) is 0 Å². The molecule has 0 N–H and O–H groups in total. The summed E-state index contributed by atoms with van der Waals surface area (Å²) >= 11 is 4.77. The minimum Gasteiger partial charge on any atom is -0.249 e. The molecule has 0 aliphatic carbocycles. The molecule has 2 rings (SSSR count). The van der Waals surface area contributed by atoms with Crippen LogP contribution in [0.3, 0.4) is 0 Å². The standard InChI is InChI=1S/C14H14BrFN2O2S2/c1-18(2)22(19,20)12-5-6-14(17-8-12)21-9-10-3-4-11(16)7-13(10)15/h3-8H,9H2,1-2H3. The van der Waals surface area contributed by atoms with Crippen molar-refractivity contribution in [2.75, 3.05) is 14.1 Å². The third kappa shape index (κ3) is 4.07. The van der Waals surface area contributed by atoms with Crippen molar-refractivity contribution in [1.29, 1.82) is 0 Å². The molecule has 0 bridgehead atoms. The third-order valence-electron chi connectivity index (χ3n) is 2.88. The zero-order valence-corrected chi connectivity index (χ0v) is 15.2. The highest BCUT2D eigenvalue weighted by atomic mass is 79.9. The van der Waals surface area contributed by atoms with E-state index in [9.17, 15) is 12.8 Å². The summed E-state index contributed by atoms with van der Waals surface area (Å²) in [6, 6.07) is 7.72. The zero-order valence-electron chi connectivity index (χ0n) is 12.0. The summed E-state index contributed by atoms with van der Waals surface area (Å²) in [5.41, 5.74) is 0.943. The highest BCUT2D eigenvalue weighted by molar-refractivity contribution is 9.10. The van der Waals surface area contributed by atoms with E-state index < -0.39 is 10.0 Å². The Kier molecular flexibility index (Phi) is 5.60. The van der Waals surface area contributed by atoms with E-state index in [2.05, 4.69) is 20.9 Å². The highest BCUT2D eigenvalue weighted by Gasteiger charge is 2.17. The molecule has 0 aliphatic rings. The van der Waals surface area contributed by atoms with Crippen molar-refractivity contribution in [3.05, 3.63) is 52.4 Å². The summed E-state index contributed by atoms with van der Waals surface area (Å²) < 4.78 is 38.7. The molecule has 4 nitrogen and oxygen atoms in total. The number of thioether (sulfide) groups is 1. The Bertz CT molecular complexity index is 765. The number of sulfonamides is 1. The zero-order chi connectivity index (χ0) is 16.3. The lowest BCUT2D eigenvalue weighted by atomic mass is 10.2. The monoisotopic (exact) mass is 404 g/mol. The third-order valence-corrected chi connectivity index (χ3v) is 6.41. The molecule has 0 aliphatic heterocycles. The van der Waals surface area contributed by atoms with Gasteiger partial charge < -0.3 is 0 Å². The number of rotatable bonds is 5. The molecule has 0 spiro atoms. The van der Waals surface area contributed by atoms with Crippen LogP contribution in [0.15, 0.2) is 50.9 Å². The molecule has 2 aromatic rings. The maximum atomic E-state index is 13.0. The lowest BCUT2D eigenvalue weighted by molar-refractivity contribution is 0.520. The van der Waals surface area contributed by atoms with Crippen LogP contribution in [0.4, 0.5) is 4.39 Å². The van der Waals surface area contributed by atoms with E-state index >= 15 is 0 Å². The van der Waals surface area contributed by atoms with E-state index in [0.29, 0.717) is 15.3 Å². The predicted octanol–water partition coefficient (Wildman–Crippen LogP) is 3.53. The average Bonchev–Trinajstić information content (AvgIpc) is 2.46. The topological polar surface area (TPSA) is 50.3 Å². The molecule has 0 fully saturated rings. The van der Waals surface area contributed by atoms with Crippen LogP contribution in [0.25, 0.3) is 0 Å². The van der Waals surface area contributed by atoms with Gasteiger partial charge in [0.15, 0.2) is 0 Å². The number of hydrogen-bond donors (Lipinski definition) is 0. The Morgan fingerprint density at radius 3 is 2.55 bits per heavy atom. The molecule has 0 unspecified atom stereocenters. The fourth-order valence-corrected chi connectivity index (χ4v) is 3.98. The van der Waals surface area contributed by atoms with Gasteiger partial charge in [-0.2, -0.15) is 0 Å². The van der Waals surface area contributed by atoms with Crippen LogP contribution in [0.2, 0.25) is 0 Å². The minimum atomic E-state index is -3.46. The molecule has 118 valence electrons. The van der Waals surface area contributed by atoms with Crippen molar-refractivity contribution in [3.63, 3.8) is 0 Å². The molecule has 1 aromatic carbocycles. The normalized spacial score (nSPS) is 11.9. The van der Waals surface area contributed by atoms with Crippen LogP contribution < -0.4 is 0 Å². The molecule has 1 aromatic heterocycles. The number of aromatic nitrogens is 1. The molecule has 22 heavy (non-hydrogen) atoms. The van der Waals surface area contributed by atoms with E-state index in [1.54, 1.807) is 12.1 Å². The van der Waals surface area contributed by atoms with Crippen molar-refractivity contribution in [3.8, 4) is 0 Å². The van der Waals surface area contributed by atoms with Gasteiger partial charge in [-0.05, 0) is 29.8 Å². The second-order valence-corrected chi connectivity index (χ2v) is 8.65. The first kappa shape index (κ1) is 17.4. The van der Waals surface area contributed by atoms with Crippen LogP contribution >= 0.6 is 27.7 Å². The van der Waals surface area contributed by atoms with Gasteiger partial charge in [0.1, 0.15) is 10.7 Å². The van der Waals surface area contributed by atoms with Crippen LogP contribution in [0.1, 0.15) is 5.56 Å². The Labute approximate surface area is 141 Å². The van der Waals surface area contributed by atoms with Gasteiger partial charge in [0, 0.05) is 30.5 Å². The molecule has 8 heteroatoms. The maximum absolute atomic E-state index is 13.0. The van der Waals surface area contributed by atoms with Crippen LogP contribution in [-0.4, -0.2) is 31.8 Å². The van der Waals surface area contributed by atoms with E-state index in [1.807, 2.05) is 0 Å². The van der Waals surface area contributed by atoms with Gasteiger partial charge in [0.2, 0.25) is 10.0 Å². The van der Waals surface area contributed by atoms with E-state index in [4.69, 9.17) is 0 Å². The summed E-state index contributed by atoms with van der Waals surface area (Å²) in [7, 11) is -0.507. The largest absolute Gasteiger partial charge is 0.249 e. The maximum Gasteiger partial charge on any atom is 0.244 e. The molecule has 0 saturated heterocycles. The second-order valence-electron chi connectivity index (χ2n) is 4.64. The van der Waals surface area contributed by atoms with E-state index in [1.165, 1.54) is 50.3 Å². The summed E-state index contributed by atoms with van der Waals surface area (Å²) in [5.74, 6) is 0.310. The Morgan fingerprint density at radius 2 is 2.00 bits per heavy atom. The molecule has 0 radical (unpaired) electrons. The van der Waals surface area contributed by atoms with Crippen LogP contribution in [0, 0.1) is 5.82 Å². The van der Waals surface area contributed by atoms with Gasteiger partial charge in [0.25, 0.3) is 0 Å². The fraction of sp³-hybridized carbons (Fsp3) is 0.214. The van der Waals surface area contributed by atoms with Crippen LogP contribution in [-0.2, 0) is 15.8 Å². The molecule has 0 saturated carbocycles. The Balaban J connectivity index is 2.09. The fourth-order valence-electron chi connectivity index (χ4n) is 1.61. The molecular formula is C14H14BrFN2O2S2. The van der Waals surface area contributed by atoms with Gasteiger partial charge in [-0.25, -0.2) is 22.1 Å². The first-order valence-corrected chi connectivity index (χ1v) is 9.48. The predicted molar refractivity (Wildman–Crippen MR) is 88.8 cm³/mol. The van der Waals surface area contributed by atoms with Gasteiger partial charge in [0.05, 0.1) is 5.03 Å². The lowest BCUT2D eigenvalue weighted by Gasteiger charge is -2.11. The number of hydrogen-bond acceptors (Lipinski definition) is 4. The Hall–Kier alpha value is -0.960. The van der Waals surface area contributed by atoms with Crippen molar-refractivity contribution in [2.45, 2.75) is 15.7 Å². The lowest BCUT2D eigenvalue weighted by Crippen LogP contribution is -2.22. The summed E-state index contributed by atoms with van der Waals surface area (Å²) in [5, 5.41) is 0.703. The van der Waals surface area contributed by atoms with Crippen molar-refractivity contribution >= 4 is 37.7 Å². The van der Waals surface area contributed by atoms with Gasteiger partial charge in [-0.15, -0.1) is 11.8 Å². The Morgan fingerprint density at radius 1 is 1.27 bits per heavy atom. The molecule has 1 heterocycles. The van der Waals surface area contributed by atoms with Crippen molar-refractivity contribution < 1.29 is 12.8 Å².